The van der Waals surface area contributed by atoms with Gasteiger partial charge in [0.05, 0.1) is 6.61 Å². The highest BCUT2D eigenvalue weighted by atomic mass is 16.5. The summed E-state index contributed by atoms with van der Waals surface area (Å²) >= 11 is 0. The molecule has 2 aromatic carbocycles. The van der Waals surface area contributed by atoms with Crippen LogP contribution in [0.4, 0.5) is 11.4 Å². The molecule has 0 bridgehead atoms. The van der Waals surface area contributed by atoms with Crippen molar-refractivity contribution in [2.24, 2.45) is 0 Å². The molecule has 0 radical (unpaired) electrons. The molecule has 0 aromatic heterocycles. The molecule has 4 nitrogen and oxygen atoms in total. The van der Waals surface area contributed by atoms with E-state index < -0.39 is 0 Å². The molecule has 1 amide bonds. The predicted molar refractivity (Wildman–Crippen MR) is 95.8 cm³/mol. The maximum Gasteiger partial charge on any atom is 0.225 e. The fourth-order valence-corrected chi connectivity index (χ4v) is 3.57. The smallest absolute Gasteiger partial charge is 0.225 e. The number of fused-ring (bicyclic) bond motifs is 1. The van der Waals surface area contributed by atoms with Gasteiger partial charge in [-0.1, -0.05) is 18.2 Å². The van der Waals surface area contributed by atoms with Crippen LogP contribution in [-0.2, 0) is 4.79 Å². The minimum atomic E-state index is 0.0363. The minimum Gasteiger partial charge on any atom is -0.493 e. The summed E-state index contributed by atoms with van der Waals surface area (Å²) in [6, 6.07) is 16.1. The number of amides is 1. The summed E-state index contributed by atoms with van der Waals surface area (Å²) in [5.74, 6) is 1.09. The van der Waals surface area contributed by atoms with Gasteiger partial charge in [0, 0.05) is 42.4 Å². The van der Waals surface area contributed by atoms with Crippen molar-refractivity contribution in [2.45, 2.75) is 25.2 Å². The lowest BCUT2D eigenvalue weighted by atomic mass is 9.97. The molecular formula is C20H22N2O2. The monoisotopic (exact) mass is 322 g/mol. The maximum atomic E-state index is 12.3. The molecule has 1 N–H and O–H groups in total. The molecule has 4 heteroatoms. The second kappa shape index (κ2) is 6.56. The summed E-state index contributed by atoms with van der Waals surface area (Å²) in [5.41, 5.74) is 3.23. The zero-order valence-corrected chi connectivity index (χ0v) is 13.7. The summed E-state index contributed by atoms with van der Waals surface area (Å²) in [5, 5.41) is 3.00. The zero-order chi connectivity index (χ0) is 16.4. The number of rotatable bonds is 4. The molecule has 1 unspecified atom stereocenters. The Hall–Kier alpha value is -2.49. The Labute approximate surface area is 142 Å². The van der Waals surface area contributed by atoms with E-state index in [1.807, 2.05) is 36.4 Å². The summed E-state index contributed by atoms with van der Waals surface area (Å²) in [6.45, 7) is 2.85. The number of anilines is 2. The molecule has 0 aliphatic carbocycles. The number of para-hydroxylation sites is 1. The molecular weight excluding hydrogens is 300 g/mol. The highest BCUT2D eigenvalue weighted by molar-refractivity contribution is 5.91. The topological polar surface area (TPSA) is 41.6 Å². The van der Waals surface area contributed by atoms with Gasteiger partial charge >= 0.3 is 0 Å². The standard InChI is InChI=1S/C20H22N2O2/c23-20(13-15-14-24-19-6-2-1-5-18(15)19)21-16-7-9-17(10-8-16)22-11-3-4-12-22/h1-2,5-10,15H,3-4,11-14H2,(H,21,23). The van der Waals surface area contributed by atoms with Crippen molar-refractivity contribution >= 4 is 17.3 Å². The normalized spacial score (nSPS) is 19.0. The van der Waals surface area contributed by atoms with E-state index in [2.05, 4.69) is 22.3 Å². The third kappa shape index (κ3) is 3.09. The van der Waals surface area contributed by atoms with Gasteiger partial charge in [0.15, 0.2) is 0 Å². The van der Waals surface area contributed by atoms with Crippen LogP contribution in [0.15, 0.2) is 48.5 Å². The van der Waals surface area contributed by atoms with Crippen LogP contribution >= 0.6 is 0 Å². The van der Waals surface area contributed by atoms with Crippen molar-refractivity contribution in [1.82, 2.24) is 0 Å². The van der Waals surface area contributed by atoms with Gasteiger partial charge in [-0.2, -0.15) is 0 Å². The Morgan fingerprint density at radius 1 is 1.08 bits per heavy atom. The van der Waals surface area contributed by atoms with Crippen LogP contribution in [0.1, 0.15) is 30.7 Å². The van der Waals surface area contributed by atoms with Gasteiger partial charge in [-0.05, 0) is 43.2 Å². The number of hydrogen-bond donors (Lipinski definition) is 1. The number of carbonyl (C=O) groups excluding carboxylic acids is 1. The molecule has 1 saturated heterocycles. The summed E-state index contributed by atoms with van der Waals surface area (Å²) in [6.07, 6.45) is 2.98. The van der Waals surface area contributed by atoms with E-state index in [0.717, 1.165) is 30.1 Å². The second-order valence-electron chi connectivity index (χ2n) is 6.54. The van der Waals surface area contributed by atoms with Crippen LogP contribution in [0.2, 0.25) is 0 Å². The first-order valence-electron chi connectivity index (χ1n) is 8.66. The molecule has 1 fully saturated rings. The maximum absolute atomic E-state index is 12.3. The molecule has 1 atom stereocenters. The first kappa shape index (κ1) is 15.1. The molecule has 0 saturated carbocycles. The Balaban J connectivity index is 1.36. The Morgan fingerprint density at radius 3 is 2.62 bits per heavy atom. The van der Waals surface area contributed by atoms with Crippen LogP contribution in [0.3, 0.4) is 0 Å². The lowest BCUT2D eigenvalue weighted by Gasteiger charge is -2.18. The highest BCUT2D eigenvalue weighted by Gasteiger charge is 2.25. The summed E-state index contributed by atoms with van der Waals surface area (Å²) in [7, 11) is 0. The van der Waals surface area contributed by atoms with Gasteiger partial charge in [0.25, 0.3) is 0 Å². The fraction of sp³-hybridized carbons (Fsp3) is 0.350. The largest absolute Gasteiger partial charge is 0.493 e. The van der Waals surface area contributed by atoms with Crippen LogP contribution in [0.25, 0.3) is 0 Å². The van der Waals surface area contributed by atoms with E-state index in [-0.39, 0.29) is 11.8 Å². The average molecular weight is 322 g/mol. The van der Waals surface area contributed by atoms with E-state index in [1.54, 1.807) is 0 Å². The van der Waals surface area contributed by atoms with Crippen molar-refractivity contribution in [3.63, 3.8) is 0 Å². The second-order valence-corrected chi connectivity index (χ2v) is 6.54. The average Bonchev–Trinajstić information content (AvgIpc) is 3.26. The molecule has 124 valence electrons. The van der Waals surface area contributed by atoms with Gasteiger partial charge in [-0.15, -0.1) is 0 Å². The van der Waals surface area contributed by atoms with Gasteiger partial charge in [-0.25, -0.2) is 0 Å². The Bertz CT molecular complexity index is 721. The van der Waals surface area contributed by atoms with Crippen LogP contribution in [-0.4, -0.2) is 25.6 Å². The molecule has 4 rings (SSSR count). The predicted octanol–water partition coefficient (Wildman–Crippen LogP) is 3.79. The molecule has 24 heavy (non-hydrogen) atoms. The number of nitrogens with one attached hydrogen (secondary N) is 1. The first-order chi connectivity index (χ1) is 11.8. The van der Waals surface area contributed by atoms with Gasteiger partial charge < -0.3 is 15.0 Å². The Kier molecular flexibility index (Phi) is 4.11. The molecule has 0 spiro atoms. The lowest BCUT2D eigenvalue weighted by molar-refractivity contribution is -0.116. The minimum absolute atomic E-state index is 0.0363. The van der Waals surface area contributed by atoms with Crippen LogP contribution < -0.4 is 15.0 Å². The third-order valence-electron chi connectivity index (χ3n) is 4.85. The van der Waals surface area contributed by atoms with Gasteiger partial charge in [0.2, 0.25) is 5.91 Å². The third-order valence-corrected chi connectivity index (χ3v) is 4.85. The molecule has 2 aliphatic heterocycles. The zero-order valence-electron chi connectivity index (χ0n) is 13.7. The van der Waals surface area contributed by atoms with E-state index in [9.17, 15) is 4.79 Å². The molecule has 2 aliphatic rings. The number of benzene rings is 2. The van der Waals surface area contributed by atoms with Crippen molar-refractivity contribution in [3.05, 3.63) is 54.1 Å². The van der Waals surface area contributed by atoms with Crippen LogP contribution in [0, 0.1) is 0 Å². The molecule has 2 aromatic rings. The summed E-state index contributed by atoms with van der Waals surface area (Å²) in [4.78, 5) is 14.7. The van der Waals surface area contributed by atoms with E-state index in [0.29, 0.717) is 13.0 Å². The number of carbonyl (C=O) groups is 1. The summed E-state index contributed by atoms with van der Waals surface area (Å²) < 4.78 is 5.65. The van der Waals surface area contributed by atoms with Crippen molar-refractivity contribution in [1.29, 1.82) is 0 Å². The van der Waals surface area contributed by atoms with Gasteiger partial charge in [0.1, 0.15) is 5.75 Å². The quantitative estimate of drug-likeness (QED) is 0.931. The van der Waals surface area contributed by atoms with Crippen LogP contribution in [0.5, 0.6) is 5.75 Å². The first-order valence-corrected chi connectivity index (χ1v) is 8.66. The van der Waals surface area contributed by atoms with E-state index in [4.69, 9.17) is 4.74 Å². The van der Waals surface area contributed by atoms with E-state index in [1.165, 1.54) is 18.5 Å². The highest BCUT2D eigenvalue weighted by Crippen LogP contribution is 2.35. The van der Waals surface area contributed by atoms with Crippen molar-refractivity contribution in [2.75, 3.05) is 29.9 Å². The number of ether oxygens (including phenoxy) is 1. The SMILES string of the molecule is O=C(CC1COc2ccccc21)Nc1ccc(N2CCCC2)cc1. The lowest BCUT2D eigenvalue weighted by Crippen LogP contribution is -2.18. The molecule has 2 heterocycles. The Morgan fingerprint density at radius 2 is 1.83 bits per heavy atom. The number of hydrogen-bond acceptors (Lipinski definition) is 3. The van der Waals surface area contributed by atoms with Crippen molar-refractivity contribution < 1.29 is 9.53 Å². The van der Waals surface area contributed by atoms with E-state index >= 15 is 0 Å². The fourth-order valence-electron chi connectivity index (χ4n) is 3.57. The van der Waals surface area contributed by atoms with Gasteiger partial charge in [-0.3, -0.25) is 4.79 Å². The number of nitrogens with zero attached hydrogens (tertiary/aromatic N) is 1. The van der Waals surface area contributed by atoms with Crippen molar-refractivity contribution in [3.8, 4) is 5.75 Å².